The standard InChI is InChI=1S/C17H28O4/c1-4-5-6-14-10(2)15-12(8-18)7-13(9-21-11(3)19)16(15)17(14)20/h10,12-16,18H,4-9H2,1-3H3/t10-,12-,13+,14-,15-,16+/m0/s1. The van der Waals surface area contributed by atoms with Gasteiger partial charge in [-0.15, -0.1) is 0 Å². The molecule has 21 heavy (non-hydrogen) atoms. The minimum absolute atomic E-state index is 0.0154. The summed E-state index contributed by atoms with van der Waals surface area (Å²) in [5.74, 6) is 1.07. The van der Waals surface area contributed by atoms with Gasteiger partial charge in [0.15, 0.2) is 0 Å². The Kier molecular flexibility index (Phi) is 5.42. The van der Waals surface area contributed by atoms with Crippen LogP contribution in [0, 0.1) is 35.5 Å². The van der Waals surface area contributed by atoms with E-state index in [1.54, 1.807) is 0 Å². The molecule has 0 unspecified atom stereocenters. The highest BCUT2D eigenvalue weighted by atomic mass is 16.5. The predicted octanol–water partition coefficient (Wildman–Crippen LogP) is 2.44. The maximum Gasteiger partial charge on any atom is 0.302 e. The molecular formula is C17H28O4. The molecule has 2 aliphatic rings. The first-order valence-electron chi connectivity index (χ1n) is 8.29. The van der Waals surface area contributed by atoms with Crippen molar-refractivity contribution < 1.29 is 19.4 Å². The van der Waals surface area contributed by atoms with E-state index in [-0.39, 0.29) is 42.2 Å². The molecule has 0 heterocycles. The van der Waals surface area contributed by atoms with E-state index in [9.17, 15) is 14.7 Å². The third-order valence-corrected chi connectivity index (χ3v) is 5.61. The van der Waals surface area contributed by atoms with Crippen LogP contribution in [0.1, 0.15) is 46.5 Å². The Morgan fingerprint density at radius 3 is 2.67 bits per heavy atom. The quantitative estimate of drug-likeness (QED) is 0.765. The molecule has 2 aliphatic carbocycles. The summed E-state index contributed by atoms with van der Waals surface area (Å²) in [4.78, 5) is 23.8. The first kappa shape index (κ1) is 16.5. The molecule has 2 fully saturated rings. The van der Waals surface area contributed by atoms with E-state index >= 15 is 0 Å². The van der Waals surface area contributed by atoms with Gasteiger partial charge in [-0.3, -0.25) is 9.59 Å². The Morgan fingerprint density at radius 2 is 2.10 bits per heavy atom. The van der Waals surface area contributed by atoms with Crippen molar-refractivity contribution in [2.45, 2.75) is 46.5 Å². The van der Waals surface area contributed by atoms with Crippen molar-refractivity contribution in [3.05, 3.63) is 0 Å². The molecule has 2 rings (SSSR count). The lowest BCUT2D eigenvalue weighted by Crippen LogP contribution is -2.25. The molecule has 0 spiro atoms. The van der Waals surface area contributed by atoms with E-state index in [1.165, 1.54) is 6.92 Å². The minimum Gasteiger partial charge on any atom is -0.466 e. The lowest BCUT2D eigenvalue weighted by atomic mass is 9.82. The summed E-state index contributed by atoms with van der Waals surface area (Å²) in [6.07, 6.45) is 3.95. The topological polar surface area (TPSA) is 63.6 Å². The number of hydrogen-bond acceptors (Lipinski definition) is 4. The fourth-order valence-corrected chi connectivity index (χ4v) is 4.67. The summed E-state index contributed by atoms with van der Waals surface area (Å²) in [6.45, 7) is 6.17. The van der Waals surface area contributed by atoms with Crippen molar-refractivity contribution in [2.24, 2.45) is 35.5 Å². The van der Waals surface area contributed by atoms with Crippen molar-refractivity contribution in [3.8, 4) is 0 Å². The predicted molar refractivity (Wildman–Crippen MR) is 79.5 cm³/mol. The van der Waals surface area contributed by atoms with Crippen LogP contribution in [0.25, 0.3) is 0 Å². The number of rotatable bonds is 6. The number of carbonyl (C=O) groups is 2. The molecule has 0 aromatic rings. The number of unbranched alkanes of at least 4 members (excludes halogenated alkanes) is 1. The Balaban J connectivity index is 2.12. The van der Waals surface area contributed by atoms with E-state index in [0.29, 0.717) is 18.3 Å². The van der Waals surface area contributed by atoms with Crippen LogP contribution >= 0.6 is 0 Å². The third kappa shape index (κ3) is 3.15. The van der Waals surface area contributed by atoms with Crippen molar-refractivity contribution in [1.82, 2.24) is 0 Å². The molecule has 0 aromatic carbocycles. The van der Waals surface area contributed by atoms with Gasteiger partial charge in [0.1, 0.15) is 5.78 Å². The van der Waals surface area contributed by atoms with Gasteiger partial charge in [0.2, 0.25) is 0 Å². The number of Topliss-reactive ketones (excluding diaryl/α,β-unsaturated/α-hetero) is 1. The first-order valence-corrected chi connectivity index (χ1v) is 8.29. The molecule has 4 heteroatoms. The Labute approximate surface area is 127 Å². The number of aliphatic hydroxyl groups excluding tert-OH is 1. The summed E-state index contributed by atoms with van der Waals surface area (Å²) in [5.41, 5.74) is 0. The molecule has 0 radical (unpaired) electrons. The Bertz CT molecular complexity index is 392. The fourth-order valence-electron chi connectivity index (χ4n) is 4.67. The average Bonchev–Trinajstić information content (AvgIpc) is 2.93. The molecule has 1 N–H and O–H groups in total. The van der Waals surface area contributed by atoms with Crippen LogP contribution in [0.15, 0.2) is 0 Å². The molecule has 0 bridgehead atoms. The van der Waals surface area contributed by atoms with Crippen LogP contribution in [0.2, 0.25) is 0 Å². The maximum absolute atomic E-state index is 12.8. The van der Waals surface area contributed by atoms with Crippen LogP contribution < -0.4 is 0 Å². The van der Waals surface area contributed by atoms with Gasteiger partial charge in [-0.2, -0.15) is 0 Å². The van der Waals surface area contributed by atoms with Gasteiger partial charge in [0.05, 0.1) is 6.61 Å². The Morgan fingerprint density at radius 1 is 1.38 bits per heavy atom. The number of esters is 1. The highest BCUT2D eigenvalue weighted by Crippen LogP contribution is 2.54. The van der Waals surface area contributed by atoms with Crippen molar-refractivity contribution in [2.75, 3.05) is 13.2 Å². The van der Waals surface area contributed by atoms with Gasteiger partial charge in [-0.1, -0.05) is 26.7 Å². The average molecular weight is 296 g/mol. The SMILES string of the molecule is CCCC[C@@H]1C(=O)[C@@H]2[C@@H](COC(C)=O)C[C@@H](CO)[C@@H]2[C@H]1C. The molecule has 6 atom stereocenters. The zero-order valence-corrected chi connectivity index (χ0v) is 13.4. The molecule has 0 aliphatic heterocycles. The van der Waals surface area contributed by atoms with E-state index < -0.39 is 0 Å². The molecule has 120 valence electrons. The van der Waals surface area contributed by atoms with E-state index in [0.717, 1.165) is 25.7 Å². The summed E-state index contributed by atoms with van der Waals surface area (Å²) in [5, 5.41) is 9.66. The molecule has 0 saturated heterocycles. The van der Waals surface area contributed by atoms with Crippen molar-refractivity contribution in [3.63, 3.8) is 0 Å². The van der Waals surface area contributed by atoms with E-state index in [4.69, 9.17) is 4.74 Å². The number of hydrogen-bond donors (Lipinski definition) is 1. The monoisotopic (exact) mass is 296 g/mol. The normalized spacial score (nSPS) is 38.6. The largest absolute Gasteiger partial charge is 0.466 e. The highest BCUT2D eigenvalue weighted by Gasteiger charge is 2.57. The van der Waals surface area contributed by atoms with Gasteiger partial charge < -0.3 is 9.84 Å². The highest BCUT2D eigenvalue weighted by molar-refractivity contribution is 5.87. The van der Waals surface area contributed by atoms with Crippen LogP contribution in [0.4, 0.5) is 0 Å². The second kappa shape index (κ2) is 6.91. The van der Waals surface area contributed by atoms with Crippen LogP contribution in [-0.2, 0) is 14.3 Å². The lowest BCUT2D eigenvalue weighted by molar-refractivity contribution is -0.143. The zero-order valence-electron chi connectivity index (χ0n) is 13.4. The van der Waals surface area contributed by atoms with Gasteiger partial charge in [-0.05, 0) is 30.6 Å². The number of carbonyl (C=O) groups excluding carboxylic acids is 2. The maximum atomic E-state index is 12.8. The van der Waals surface area contributed by atoms with E-state index in [2.05, 4.69) is 13.8 Å². The van der Waals surface area contributed by atoms with Gasteiger partial charge >= 0.3 is 5.97 Å². The van der Waals surface area contributed by atoms with Crippen molar-refractivity contribution >= 4 is 11.8 Å². The van der Waals surface area contributed by atoms with Gasteiger partial charge in [-0.25, -0.2) is 0 Å². The summed E-state index contributed by atoms with van der Waals surface area (Å²) in [7, 11) is 0. The first-order chi connectivity index (χ1) is 10.0. The fraction of sp³-hybridized carbons (Fsp3) is 0.882. The van der Waals surface area contributed by atoms with Crippen LogP contribution in [-0.4, -0.2) is 30.1 Å². The smallest absolute Gasteiger partial charge is 0.302 e. The minimum atomic E-state index is -0.292. The Hall–Kier alpha value is -0.900. The molecule has 0 amide bonds. The van der Waals surface area contributed by atoms with Gasteiger partial charge in [0, 0.05) is 31.3 Å². The second-order valence-corrected chi connectivity index (χ2v) is 6.85. The van der Waals surface area contributed by atoms with Crippen LogP contribution in [0.5, 0.6) is 0 Å². The zero-order chi connectivity index (χ0) is 15.6. The second-order valence-electron chi connectivity index (χ2n) is 6.85. The van der Waals surface area contributed by atoms with E-state index in [1.807, 2.05) is 0 Å². The third-order valence-electron chi connectivity index (χ3n) is 5.61. The van der Waals surface area contributed by atoms with Crippen molar-refractivity contribution in [1.29, 1.82) is 0 Å². The van der Waals surface area contributed by atoms with Crippen LogP contribution in [0.3, 0.4) is 0 Å². The molecule has 2 saturated carbocycles. The summed E-state index contributed by atoms with van der Waals surface area (Å²) in [6, 6.07) is 0. The summed E-state index contributed by atoms with van der Waals surface area (Å²) >= 11 is 0. The number of ether oxygens (including phenoxy) is 1. The molecular weight excluding hydrogens is 268 g/mol. The number of ketones is 1. The molecule has 4 nitrogen and oxygen atoms in total. The number of aliphatic hydroxyl groups is 1. The lowest BCUT2D eigenvalue weighted by Gasteiger charge is -2.23. The number of fused-ring (bicyclic) bond motifs is 1. The van der Waals surface area contributed by atoms with Gasteiger partial charge in [0.25, 0.3) is 0 Å². The summed E-state index contributed by atoms with van der Waals surface area (Å²) < 4.78 is 5.15. The molecule has 0 aromatic heterocycles.